The van der Waals surface area contributed by atoms with Gasteiger partial charge in [-0.3, -0.25) is 0 Å². The highest BCUT2D eigenvalue weighted by atomic mass is 19.2. The molecule has 0 fully saturated rings. The van der Waals surface area contributed by atoms with Crippen LogP contribution in [0.5, 0.6) is 0 Å². The minimum Gasteiger partial charge on any atom is -0.204 e. The Morgan fingerprint density at radius 1 is 0.733 bits per heavy atom. The standard InChI is InChI=1S/C12H5F3/c13-9-5-8-6-3-1-2-4-7(6)10(8)12(15)11(9)14/h1-5H. The Kier molecular flexibility index (Phi) is 1.49. The van der Waals surface area contributed by atoms with Crippen LogP contribution in [0, 0.1) is 38.3 Å². The SMILES string of the molecule is Fc1cc2c(c(F)c1F)=c1ccccc1=2. The molecule has 0 saturated heterocycles. The Hall–Kier alpha value is -1.77. The summed E-state index contributed by atoms with van der Waals surface area (Å²) in [4.78, 5) is 0. The van der Waals surface area contributed by atoms with Crippen molar-refractivity contribution in [3.63, 3.8) is 0 Å². The minimum atomic E-state index is -1.40. The van der Waals surface area contributed by atoms with Gasteiger partial charge < -0.3 is 0 Å². The predicted octanol–water partition coefficient (Wildman–Crippen LogP) is 2.99. The third kappa shape index (κ3) is 0.923. The van der Waals surface area contributed by atoms with Gasteiger partial charge >= 0.3 is 0 Å². The van der Waals surface area contributed by atoms with Crippen LogP contribution in [0.1, 0.15) is 0 Å². The molecule has 0 nitrogen and oxygen atoms in total. The number of hydrogen-bond acceptors (Lipinski definition) is 0. The lowest BCUT2D eigenvalue weighted by Gasteiger charge is -2.06. The number of rotatable bonds is 0. The zero-order valence-electron chi connectivity index (χ0n) is 7.52. The Bertz CT molecular complexity index is 748. The Balaban J connectivity index is 2.67. The molecule has 0 aliphatic heterocycles. The van der Waals surface area contributed by atoms with Crippen molar-refractivity contribution >= 4 is 0 Å². The van der Waals surface area contributed by atoms with E-state index in [2.05, 4.69) is 0 Å². The summed E-state index contributed by atoms with van der Waals surface area (Å²) in [5, 5.41) is 2.04. The van der Waals surface area contributed by atoms with Crippen molar-refractivity contribution < 1.29 is 13.2 Å². The molecule has 2 aromatic carbocycles. The van der Waals surface area contributed by atoms with Gasteiger partial charge in [-0.1, -0.05) is 24.3 Å². The molecular weight excluding hydrogens is 201 g/mol. The van der Waals surface area contributed by atoms with Crippen molar-refractivity contribution in [2.24, 2.45) is 0 Å². The first-order chi connectivity index (χ1) is 7.20. The van der Waals surface area contributed by atoms with E-state index < -0.39 is 17.5 Å². The van der Waals surface area contributed by atoms with Gasteiger partial charge in [0, 0.05) is 5.22 Å². The van der Waals surface area contributed by atoms with Crippen molar-refractivity contribution in [3.05, 3.63) is 68.7 Å². The summed E-state index contributed by atoms with van der Waals surface area (Å²) in [6, 6.07) is 8.01. The maximum Gasteiger partial charge on any atom is 0.195 e. The van der Waals surface area contributed by atoms with Crippen LogP contribution in [0.25, 0.3) is 0 Å². The molecule has 0 amide bonds. The van der Waals surface area contributed by atoms with Gasteiger partial charge in [0.2, 0.25) is 0 Å². The van der Waals surface area contributed by atoms with Crippen molar-refractivity contribution in [1.29, 1.82) is 0 Å². The van der Waals surface area contributed by atoms with E-state index in [-0.39, 0.29) is 5.22 Å². The van der Waals surface area contributed by atoms with Gasteiger partial charge in [-0.05, 0) is 21.7 Å². The zero-order valence-corrected chi connectivity index (χ0v) is 7.52. The Morgan fingerprint density at radius 2 is 1.40 bits per heavy atom. The average Bonchev–Trinajstić information content (AvgIpc) is 2.23. The van der Waals surface area contributed by atoms with Crippen molar-refractivity contribution in [2.45, 2.75) is 0 Å². The van der Waals surface area contributed by atoms with E-state index in [1.165, 1.54) is 0 Å². The van der Waals surface area contributed by atoms with E-state index in [0.29, 0.717) is 10.4 Å². The number of benzene rings is 2. The summed E-state index contributed by atoms with van der Waals surface area (Å²) in [6.07, 6.45) is 0. The monoisotopic (exact) mass is 206 g/mol. The Labute approximate surface area is 82.6 Å². The highest BCUT2D eigenvalue weighted by Gasteiger charge is 2.15. The molecule has 0 heterocycles. The van der Waals surface area contributed by atoms with Crippen LogP contribution in [-0.2, 0) is 0 Å². The van der Waals surface area contributed by atoms with E-state index in [4.69, 9.17) is 0 Å². The third-order valence-corrected chi connectivity index (χ3v) is 2.65. The highest BCUT2D eigenvalue weighted by molar-refractivity contribution is 5.30. The van der Waals surface area contributed by atoms with Gasteiger partial charge in [0.25, 0.3) is 0 Å². The molecule has 0 saturated carbocycles. The van der Waals surface area contributed by atoms with Crippen molar-refractivity contribution in [2.75, 3.05) is 0 Å². The molecule has 0 aromatic heterocycles. The molecular formula is C12H5F3. The van der Waals surface area contributed by atoms with Gasteiger partial charge in [0.15, 0.2) is 17.5 Å². The van der Waals surface area contributed by atoms with Gasteiger partial charge in [-0.2, -0.15) is 0 Å². The van der Waals surface area contributed by atoms with E-state index in [9.17, 15) is 13.2 Å². The molecule has 0 N–H and O–H groups in total. The molecule has 2 aromatic rings. The second-order valence-corrected chi connectivity index (χ2v) is 3.45. The number of fused-ring (bicyclic) bond motifs is 2. The van der Waals surface area contributed by atoms with Crippen LogP contribution < -0.4 is 0 Å². The lowest BCUT2D eigenvalue weighted by molar-refractivity contribution is 0.441. The maximum absolute atomic E-state index is 13.4. The second kappa shape index (κ2) is 2.63. The molecule has 3 heteroatoms. The van der Waals surface area contributed by atoms with Crippen LogP contribution in [-0.4, -0.2) is 0 Å². The lowest BCUT2D eigenvalue weighted by atomic mass is 10.0. The normalized spacial score (nSPS) is 11.7. The molecule has 1 aliphatic carbocycles. The summed E-state index contributed by atoms with van der Waals surface area (Å²) in [7, 11) is 0. The van der Waals surface area contributed by atoms with E-state index in [1.807, 2.05) is 0 Å². The molecule has 15 heavy (non-hydrogen) atoms. The third-order valence-electron chi connectivity index (χ3n) is 2.65. The summed E-state index contributed by atoms with van der Waals surface area (Å²) in [6.45, 7) is 0. The van der Waals surface area contributed by atoms with Gasteiger partial charge in [-0.15, -0.1) is 0 Å². The quantitative estimate of drug-likeness (QED) is 0.496. The van der Waals surface area contributed by atoms with E-state index in [1.54, 1.807) is 24.3 Å². The summed E-state index contributed by atoms with van der Waals surface area (Å²) in [5.74, 6) is -3.63. The summed E-state index contributed by atoms with van der Waals surface area (Å²) in [5.41, 5.74) is 0. The molecule has 0 bridgehead atoms. The van der Waals surface area contributed by atoms with E-state index >= 15 is 0 Å². The first kappa shape index (κ1) is 8.53. The lowest BCUT2D eigenvalue weighted by Crippen LogP contribution is -2.00. The summed E-state index contributed by atoms with van der Waals surface area (Å²) >= 11 is 0. The van der Waals surface area contributed by atoms with Gasteiger partial charge in [0.1, 0.15) is 0 Å². The topological polar surface area (TPSA) is 0 Å². The summed E-state index contributed by atoms with van der Waals surface area (Å²) < 4.78 is 39.3. The molecule has 3 rings (SSSR count). The largest absolute Gasteiger partial charge is 0.204 e. The van der Waals surface area contributed by atoms with Crippen LogP contribution in [0.2, 0.25) is 0 Å². The fraction of sp³-hybridized carbons (Fsp3) is 0. The highest BCUT2D eigenvalue weighted by Crippen LogP contribution is 2.20. The average molecular weight is 206 g/mol. The fourth-order valence-electron chi connectivity index (χ4n) is 1.94. The fourth-order valence-corrected chi connectivity index (χ4v) is 1.94. The minimum absolute atomic E-state index is 0.185. The van der Waals surface area contributed by atoms with E-state index in [0.717, 1.165) is 11.3 Å². The van der Waals surface area contributed by atoms with Crippen LogP contribution >= 0.6 is 0 Å². The molecule has 0 atom stereocenters. The molecule has 0 spiro atoms. The first-order valence-electron chi connectivity index (χ1n) is 4.47. The van der Waals surface area contributed by atoms with Crippen LogP contribution in [0.15, 0.2) is 30.3 Å². The van der Waals surface area contributed by atoms with Gasteiger partial charge in [0.05, 0.1) is 0 Å². The van der Waals surface area contributed by atoms with Crippen molar-refractivity contribution in [3.8, 4) is 0 Å². The Morgan fingerprint density at radius 3 is 2.13 bits per heavy atom. The number of halogens is 3. The van der Waals surface area contributed by atoms with Crippen molar-refractivity contribution in [1.82, 2.24) is 0 Å². The van der Waals surface area contributed by atoms with Crippen LogP contribution in [0.4, 0.5) is 13.2 Å². The smallest absolute Gasteiger partial charge is 0.195 e. The molecule has 1 aliphatic rings. The van der Waals surface area contributed by atoms with Gasteiger partial charge in [-0.25, -0.2) is 13.2 Å². The molecule has 74 valence electrons. The zero-order chi connectivity index (χ0) is 10.6. The molecule has 0 unspecified atom stereocenters. The molecule has 0 radical (unpaired) electrons. The second-order valence-electron chi connectivity index (χ2n) is 3.45. The number of hydrogen-bond donors (Lipinski definition) is 0. The maximum atomic E-state index is 13.4. The first-order valence-corrected chi connectivity index (χ1v) is 4.47. The predicted molar refractivity (Wildman–Crippen MR) is 48.1 cm³/mol. The van der Waals surface area contributed by atoms with Crippen LogP contribution in [0.3, 0.4) is 0 Å².